The molecule has 0 fully saturated rings. The zero-order valence-electron chi connectivity index (χ0n) is 12.9. The van der Waals surface area contributed by atoms with Crippen LogP contribution in [0.1, 0.15) is 22.0 Å². The van der Waals surface area contributed by atoms with E-state index >= 15 is 0 Å². The van der Waals surface area contributed by atoms with Crippen molar-refractivity contribution in [2.24, 2.45) is 0 Å². The number of hydrogen-bond donors (Lipinski definition) is 2. The number of hydrogen-bond acceptors (Lipinski definition) is 4. The van der Waals surface area contributed by atoms with Crippen LogP contribution in [-0.2, 0) is 0 Å². The fourth-order valence-corrected chi connectivity index (χ4v) is 2.23. The number of ether oxygens (including phenoxy) is 1. The van der Waals surface area contributed by atoms with Gasteiger partial charge in [0, 0.05) is 12.1 Å². The van der Waals surface area contributed by atoms with E-state index in [1.54, 1.807) is 30.3 Å². The van der Waals surface area contributed by atoms with Crippen LogP contribution in [0, 0.1) is 0 Å². The molecule has 1 amide bonds. The van der Waals surface area contributed by atoms with Gasteiger partial charge < -0.3 is 19.6 Å². The Morgan fingerprint density at radius 3 is 2.58 bits per heavy atom. The number of carbonyl (C=O) groups is 1. The highest BCUT2D eigenvalue weighted by molar-refractivity contribution is 5.97. The smallest absolute Gasteiger partial charge is 0.255 e. The fraction of sp³-hybridized carbons (Fsp3) is 0.105. The molecule has 2 aromatic carbocycles. The molecule has 0 aliphatic heterocycles. The molecule has 122 valence electrons. The van der Waals surface area contributed by atoms with Gasteiger partial charge in [-0.25, -0.2) is 0 Å². The van der Waals surface area contributed by atoms with Crippen LogP contribution in [0.25, 0.3) is 0 Å². The second-order valence-corrected chi connectivity index (χ2v) is 5.19. The first-order valence-electron chi connectivity index (χ1n) is 7.54. The second kappa shape index (κ2) is 7.48. The van der Waals surface area contributed by atoms with Crippen LogP contribution in [0.5, 0.6) is 11.5 Å². The minimum Gasteiger partial charge on any atom is -0.472 e. The Bertz CT molecular complexity index is 784. The first kappa shape index (κ1) is 15.8. The summed E-state index contributed by atoms with van der Waals surface area (Å²) in [7, 11) is 0. The molecule has 3 rings (SSSR count). The van der Waals surface area contributed by atoms with E-state index in [4.69, 9.17) is 9.15 Å². The lowest BCUT2D eigenvalue weighted by atomic mass is 10.1. The molecular weight excluding hydrogens is 306 g/mol. The average molecular weight is 323 g/mol. The van der Waals surface area contributed by atoms with Gasteiger partial charge in [0.05, 0.1) is 24.2 Å². The highest BCUT2D eigenvalue weighted by Gasteiger charge is 2.15. The highest BCUT2D eigenvalue weighted by Crippen LogP contribution is 2.25. The van der Waals surface area contributed by atoms with Crippen molar-refractivity contribution in [1.29, 1.82) is 0 Å². The SMILES string of the molecule is O=C(NCC(O)c1ccoc1)c1ccccc1Oc1ccccc1. The number of aliphatic hydroxyl groups is 1. The number of rotatable bonds is 6. The minimum atomic E-state index is -0.824. The quantitative estimate of drug-likeness (QED) is 0.728. The third-order valence-corrected chi connectivity index (χ3v) is 3.49. The number of amides is 1. The lowest BCUT2D eigenvalue weighted by Gasteiger charge is -2.13. The molecule has 5 nitrogen and oxygen atoms in total. The van der Waals surface area contributed by atoms with Crippen LogP contribution in [0.15, 0.2) is 77.6 Å². The number of furan rings is 1. The predicted octanol–water partition coefficient (Wildman–Crippen LogP) is 3.54. The summed E-state index contributed by atoms with van der Waals surface area (Å²) in [5.74, 6) is 0.791. The van der Waals surface area contributed by atoms with E-state index < -0.39 is 6.10 Å². The molecule has 3 aromatic rings. The van der Waals surface area contributed by atoms with Crippen molar-refractivity contribution >= 4 is 5.91 Å². The van der Waals surface area contributed by atoms with Gasteiger partial charge in [0.15, 0.2) is 0 Å². The summed E-state index contributed by atoms with van der Waals surface area (Å²) in [6, 6.07) is 17.9. The number of para-hydroxylation sites is 2. The number of aliphatic hydroxyl groups excluding tert-OH is 1. The van der Waals surface area contributed by atoms with Crippen LogP contribution in [-0.4, -0.2) is 17.6 Å². The Balaban J connectivity index is 1.68. The van der Waals surface area contributed by atoms with Gasteiger partial charge in [0.1, 0.15) is 11.5 Å². The molecule has 0 aliphatic carbocycles. The van der Waals surface area contributed by atoms with Crippen molar-refractivity contribution in [3.05, 3.63) is 84.3 Å². The summed E-state index contributed by atoms with van der Waals surface area (Å²) in [5, 5.41) is 12.7. The van der Waals surface area contributed by atoms with E-state index in [0.29, 0.717) is 22.6 Å². The fourth-order valence-electron chi connectivity index (χ4n) is 2.23. The van der Waals surface area contributed by atoms with Crippen molar-refractivity contribution in [2.45, 2.75) is 6.10 Å². The second-order valence-electron chi connectivity index (χ2n) is 5.19. The van der Waals surface area contributed by atoms with E-state index in [0.717, 1.165) is 0 Å². The van der Waals surface area contributed by atoms with Gasteiger partial charge in [-0.3, -0.25) is 4.79 Å². The van der Waals surface area contributed by atoms with Gasteiger partial charge in [0.2, 0.25) is 0 Å². The molecule has 0 radical (unpaired) electrons. The molecular formula is C19H17NO4. The first-order valence-corrected chi connectivity index (χ1v) is 7.54. The molecule has 0 bridgehead atoms. The van der Waals surface area contributed by atoms with E-state index in [1.165, 1.54) is 12.5 Å². The summed E-state index contributed by atoms with van der Waals surface area (Å²) in [6.45, 7) is 0.0814. The predicted molar refractivity (Wildman–Crippen MR) is 89.0 cm³/mol. The Kier molecular flexibility index (Phi) is 4.93. The summed E-state index contributed by atoms with van der Waals surface area (Å²) in [4.78, 5) is 12.4. The monoisotopic (exact) mass is 323 g/mol. The molecule has 2 N–H and O–H groups in total. The average Bonchev–Trinajstić information content (AvgIpc) is 3.15. The van der Waals surface area contributed by atoms with Crippen LogP contribution in [0.4, 0.5) is 0 Å². The zero-order chi connectivity index (χ0) is 16.8. The van der Waals surface area contributed by atoms with E-state index in [9.17, 15) is 9.90 Å². The molecule has 0 saturated carbocycles. The van der Waals surface area contributed by atoms with Crippen LogP contribution in [0.3, 0.4) is 0 Å². The first-order chi connectivity index (χ1) is 11.7. The summed E-state index contributed by atoms with van der Waals surface area (Å²) >= 11 is 0. The number of benzene rings is 2. The lowest BCUT2D eigenvalue weighted by Crippen LogP contribution is -2.28. The molecule has 1 aromatic heterocycles. The topological polar surface area (TPSA) is 71.7 Å². The van der Waals surface area contributed by atoms with Gasteiger partial charge in [-0.05, 0) is 30.3 Å². The molecule has 1 heterocycles. The Morgan fingerprint density at radius 2 is 1.83 bits per heavy atom. The van der Waals surface area contributed by atoms with Gasteiger partial charge in [-0.15, -0.1) is 0 Å². The number of carbonyl (C=O) groups excluding carboxylic acids is 1. The van der Waals surface area contributed by atoms with Crippen molar-refractivity contribution in [2.75, 3.05) is 6.54 Å². The van der Waals surface area contributed by atoms with Gasteiger partial charge >= 0.3 is 0 Å². The van der Waals surface area contributed by atoms with Crippen LogP contribution >= 0.6 is 0 Å². The Morgan fingerprint density at radius 1 is 1.08 bits per heavy atom. The zero-order valence-corrected chi connectivity index (χ0v) is 12.9. The summed E-state index contributed by atoms with van der Waals surface area (Å²) in [6.07, 6.45) is 2.10. The Hall–Kier alpha value is -3.05. The molecule has 1 atom stereocenters. The maximum Gasteiger partial charge on any atom is 0.255 e. The third kappa shape index (κ3) is 3.83. The summed E-state index contributed by atoms with van der Waals surface area (Å²) < 4.78 is 10.7. The minimum absolute atomic E-state index is 0.0814. The maximum atomic E-state index is 12.4. The van der Waals surface area contributed by atoms with Crippen molar-refractivity contribution in [1.82, 2.24) is 5.32 Å². The normalized spacial score (nSPS) is 11.7. The van der Waals surface area contributed by atoms with E-state index in [-0.39, 0.29) is 12.5 Å². The standard InChI is InChI=1S/C19H17NO4/c21-17(14-10-11-23-13-14)12-20-19(22)16-8-4-5-9-18(16)24-15-6-2-1-3-7-15/h1-11,13,17,21H,12H2,(H,20,22). The molecule has 5 heteroatoms. The molecule has 24 heavy (non-hydrogen) atoms. The van der Waals surface area contributed by atoms with Gasteiger partial charge in [-0.1, -0.05) is 30.3 Å². The van der Waals surface area contributed by atoms with Gasteiger partial charge in [-0.2, -0.15) is 0 Å². The Labute approximate surface area is 139 Å². The molecule has 0 aliphatic rings. The van der Waals surface area contributed by atoms with E-state index in [1.807, 2.05) is 30.3 Å². The molecule has 0 spiro atoms. The summed E-state index contributed by atoms with van der Waals surface area (Å²) in [5.41, 5.74) is 1.02. The third-order valence-electron chi connectivity index (χ3n) is 3.49. The van der Waals surface area contributed by atoms with Crippen LogP contribution < -0.4 is 10.1 Å². The van der Waals surface area contributed by atoms with Crippen LogP contribution in [0.2, 0.25) is 0 Å². The number of nitrogens with one attached hydrogen (secondary N) is 1. The van der Waals surface area contributed by atoms with Crippen molar-refractivity contribution in [3.63, 3.8) is 0 Å². The van der Waals surface area contributed by atoms with E-state index in [2.05, 4.69) is 5.32 Å². The van der Waals surface area contributed by atoms with Crippen molar-refractivity contribution < 1.29 is 19.1 Å². The molecule has 1 unspecified atom stereocenters. The highest BCUT2D eigenvalue weighted by atomic mass is 16.5. The molecule has 0 saturated heterocycles. The lowest BCUT2D eigenvalue weighted by molar-refractivity contribution is 0.0913. The van der Waals surface area contributed by atoms with Gasteiger partial charge in [0.25, 0.3) is 5.91 Å². The van der Waals surface area contributed by atoms with Crippen molar-refractivity contribution in [3.8, 4) is 11.5 Å². The largest absolute Gasteiger partial charge is 0.472 e. The maximum absolute atomic E-state index is 12.4.